The van der Waals surface area contributed by atoms with Gasteiger partial charge in [-0.2, -0.15) is 0 Å². The van der Waals surface area contributed by atoms with Gasteiger partial charge in [-0.1, -0.05) is 12.1 Å². The van der Waals surface area contributed by atoms with Crippen LogP contribution in [0.25, 0.3) is 0 Å². The lowest BCUT2D eigenvalue weighted by atomic mass is 10.2. The maximum Gasteiger partial charge on any atom is 0.339 e. The smallest absolute Gasteiger partial charge is 0.339 e. The Morgan fingerprint density at radius 2 is 2.16 bits per heavy atom. The van der Waals surface area contributed by atoms with Gasteiger partial charge in [-0.25, -0.2) is 14.8 Å². The van der Waals surface area contributed by atoms with Crippen LogP contribution < -0.4 is 11.1 Å². The fourth-order valence-electron chi connectivity index (χ4n) is 1.60. The largest absolute Gasteiger partial charge is 0.465 e. The average molecular weight is 258 g/mol. The van der Waals surface area contributed by atoms with Crippen LogP contribution in [-0.2, 0) is 11.3 Å². The van der Waals surface area contributed by atoms with Crippen LogP contribution in [0.3, 0.4) is 0 Å². The first-order chi connectivity index (χ1) is 9.20. The Bertz CT molecular complexity index is 586. The van der Waals surface area contributed by atoms with Crippen molar-refractivity contribution in [2.75, 3.05) is 18.2 Å². The highest BCUT2D eigenvalue weighted by atomic mass is 16.5. The molecule has 0 fully saturated rings. The van der Waals surface area contributed by atoms with Crippen LogP contribution in [0.5, 0.6) is 0 Å². The molecular formula is C13H14N4O2. The molecule has 19 heavy (non-hydrogen) atoms. The molecule has 6 heteroatoms. The molecule has 0 aliphatic rings. The third kappa shape index (κ3) is 3.19. The van der Waals surface area contributed by atoms with E-state index in [9.17, 15) is 4.79 Å². The molecule has 0 radical (unpaired) electrons. The number of aromatic nitrogens is 2. The topological polar surface area (TPSA) is 90.1 Å². The predicted octanol–water partition coefficient (Wildman–Crippen LogP) is 1.46. The lowest BCUT2D eigenvalue weighted by molar-refractivity contribution is 0.0602. The number of nitrogens with two attached hydrogens (primary N) is 1. The third-order valence-corrected chi connectivity index (χ3v) is 2.50. The first-order valence-corrected chi connectivity index (χ1v) is 5.69. The van der Waals surface area contributed by atoms with Gasteiger partial charge in [0.25, 0.3) is 0 Å². The minimum absolute atomic E-state index is 0.374. The molecule has 0 spiro atoms. The molecule has 0 amide bonds. The summed E-state index contributed by atoms with van der Waals surface area (Å²) in [6, 6.07) is 8.70. The van der Waals surface area contributed by atoms with E-state index in [0.717, 1.165) is 0 Å². The Hall–Kier alpha value is -2.63. The zero-order valence-corrected chi connectivity index (χ0v) is 10.5. The fraction of sp³-hybridized carbons (Fsp3) is 0.154. The molecule has 6 nitrogen and oxygen atoms in total. The van der Waals surface area contributed by atoms with E-state index in [4.69, 9.17) is 10.5 Å². The lowest BCUT2D eigenvalue weighted by Crippen LogP contribution is -2.10. The van der Waals surface area contributed by atoms with Crippen molar-refractivity contribution < 1.29 is 9.53 Å². The Kier molecular flexibility index (Phi) is 3.92. The number of ether oxygens (including phenoxy) is 1. The number of para-hydroxylation sites is 1. The summed E-state index contributed by atoms with van der Waals surface area (Å²) in [5, 5.41) is 3.09. The molecule has 0 bridgehead atoms. The van der Waals surface area contributed by atoms with Gasteiger partial charge in [0.1, 0.15) is 11.6 Å². The number of hydrogen-bond acceptors (Lipinski definition) is 6. The Balaban J connectivity index is 2.13. The summed E-state index contributed by atoms with van der Waals surface area (Å²) < 4.78 is 4.72. The molecule has 98 valence electrons. The van der Waals surface area contributed by atoms with E-state index in [-0.39, 0.29) is 0 Å². The van der Waals surface area contributed by atoms with Gasteiger partial charge in [0.05, 0.1) is 19.2 Å². The molecule has 3 N–H and O–H groups in total. The van der Waals surface area contributed by atoms with Gasteiger partial charge in [0.15, 0.2) is 0 Å². The number of carbonyl (C=O) groups excluding carboxylic acids is 1. The first-order valence-electron chi connectivity index (χ1n) is 5.69. The van der Waals surface area contributed by atoms with Crippen molar-refractivity contribution >= 4 is 17.5 Å². The van der Waals surface area contributed by atoms with Crippen LogP contribution in [0.15, 0.2) is 36.5 Å². The molecule has 1 aromatic carbocycles. The van der Waals surface area contributed by atoms with Crippen molar-refractivity contribution in [3.8, 4) is 0 Å². The SMILES string of the molecule is COC(=O)c1ccccc1NCc1nccc(N)n1. The maximum absolute atomic E-state index is 11.6. The Labute approximate surface area is 110 Å². The van der Waals surface area contributed by atoms with Crippen LogP contribution in [0.1, 0.15) is 16.2 Å². The van der Waals surface area contributed by atoms with E-state index >= 15 is 0 Å². The van der Waals surface area contributed by atoms with Gasteiger partial charge in [0, 0.05) is 11.9 Å². The Morgan fingerprint density at radius 3 is 2.89 bits per heavy atom. The minimum atomic E-state index is -0.392. The predicted molar refractivity (Wildman–Crippen MR) is 71.6 cm³/mol. The molecule has 0 unspecified atom stereocenters. The first kappa shape index (κ1) is 12.8. The number of rotatable bonds is 4. The number of esters is 1. The quantitative estimate of drug-likeness (QED) is 0.807. The number of anilines is 2. The van der Waals surface area contributed by atoms with E-state index in [0.29, 0.717) is 29.4 Å². The van der Waals surface area contributed by atoms with Crippen LogP contribution in [0, 0.1) is 0 Å². The fourth-order valence-corrected chi connectivity index (χ4v) is 1.60. The van der Waals surface area contributed by atoms with Crippen LogP contribution in [0.2, 0.25) is 0 Å². The van der Waals surface area contributed by atoms with Crippen LogP contribution >= 0.6 is 0 Å². The number of nitrogen functional groups attached to an aromatic ring is 1. The lowest BCUT2D eigenvalue weighted by Gasteiger charge is -2.09. The second-order valence-electron chi connectivity index (χ2n) is 3.79. The second kappa shape index (κ2) is 5.81. The number of hydrogen-bond donors (Lipinski definition) is 2. The summed E-state index contributed by atoms with van der Waals surface area (Å²) >= 11 is 0. The van der Waals surface area contributed by atoms with E-state index in [1.807, 2.05) is 6.07 Å². The van der Waals surface area contributed by atoms with E-state index in [1.165, 1.54) is 7.11 Å². The molecule has 1 aromatic heterocycles. The minimum Gasteiger partial charge on any atom is -0.465 e. The summed E-state index contributed by atoms with van der Waals surface area (Å²) in [6.45, 7) is 0.374. The van der Waals surface area contributed by atoms with Crippen LogP contribution in [0.4, 0.5) is 11.5 Å². The van der Waals surface area contributed by atoms with Gasteiger partial charge in [-0.15, -0.1) is 0 Å². The van der Waals surface area contributed by atoms with Crippen molar-refractivity contribution in [1.29, 1.82) is 0 Å². The summed E-state index contributed by atoms with van der Waals surface area (Å²) in [5.41, 5.74) is 6.71. The van der Waals surface area contributed by atoms with Gasteiger partial charge >= 0.3 is 5.97 Å². The molecule has 0 aliphatic carbocycles. The van der Waals surface area contributed by atoms with Gasteiger partial charge in [-0.3, -0.25) is 0 Å². The average Bonchev–Trinajstić information content (AvgIpc) is 2.45. The molecule has 0 aliphatic heterocycles. The normalized spacial score (nSPS) is 9.95. The molecule has 2 aromatic rings. The summed E-state index contributed by atoms with van der Waals surface area (Å²) in [4.78, 5) is 19.7. The third-order valence-electron chi connectivity index (χ3n) is 2.50. The zero-order valence-electron chi connectivity index (χ0n) is 10.5. The maximum atomic E-state index is 11.6. The molecule has 0 saturated heterocycles. The number of nitrogens with one attached hydrogen (secondary N) is 1. The number of benzene rings is 1. The molecule has 2 rings (SSSR count). The Morgan fingerprint density at radius 1 is 1.37 bits per heavy atom. The molecular weight excluding hydrogens is 244 g/mol. The zero-order chi connectivity index (χ0) is 13.7. The number of methoxy groups -OCH3 is 1. The van der Waals surface area contributed by atoms with Crippen molar-refractivity contribution in [3.63, 3.8) is 0 Å². The van der Waals surface area contributed by atoms with Crippen molar-refractivity contribution in [1.82, 2.24) is 9.97 Å². The van der Waals surface area contributed by atoms with Crippen molar-refractivity contribution in [2.24, 2.45) is 0 Å². The second-order valence-corrected chi connectivity index (χ2v) is 3.79. The van der Waals surface area contributed by atoms with Crippen LogP contribution in [-0.4, -0.2) is 23.0 Å². The molecule has 1 heterocycles. The van der Waals surface area contributed by atoms with E-state index in [1.54, 1.807) is 30.5 Å². The molecule has 0 atom stereocenters. The highest BCUT2D eigenvalue weighted by Crippen LogP contribution is 2.16. The van der Waals surface area contributed by atoms with Crippen molar-refractivity contribution in [2.45, 2.75) is 6.54 Å². The summed E-state index contributed by atoms with van der Waals surface area (Å²) in [6.07, 6.45) is 1.59. The standard InChI is InChI=1S/C13H14N4O2/c1-19-13(18)9-4-2-3-5-10(9)16-8-12-15-7-6-11(14)17-12/h2-7,16H,8H2,1H3,(H2,14,15,17). The highest BCUT2D eigenvalue weighted by Gasteiger charge is 2.10. The van der Waals surface area contributed by atoms with Gasteiger partial charge in [-0.05, 0) is 18.2 Å². The van der Waals surface area contributed by atoms with Gasteiger partial charge in [0.2, 0.25) is 0 Å². The van der Waals surface area contributed by atoms with Crippen molar-refractivity contribution in [3.05, 3.63) is 47.9 Å². The number of nitrogens with zero attached hydrogens (tertiary/aromatic N) is 2. The highest BCUT2D eigenvalue weighted by molar-refractivity contribution is 5.95. The monoisotopic (exact) mass is 258 g/mol. The summed E-state index contributed by atoms with van der Waals surface area (Å²) in [7, 11) is 1.35. The number of carbonyl (C=O) groups is 1. The van der Waals surface area contributed by atoms with E-state index < -0.39 is 5.97 Å². The molecule has 0 saturated carbocycles. The van der Waals surface area contributed by atoms with E-state index in [2.05, 4.69) is 15.3 Å². The summed E-state index contributed by atoms with van der Waals surface area (Å²) in [5.74, 6) is 0.573. The van der Waals surface area contributed by atoms with Gasteiger partial charge < -0.3 is 15.8 Å².